The van der Waals surface area contributed by atoms with E-state index in [2.05, 4.69) is 20.1 Å². The molecular weight excluding hydrogens is 408 g/mol. The van der Waals surface area contributed by atoms with Gasteiger partial charge in [0.15, 0.2) is 0 Å². The van der Waals surface area contributed by atoms with Gasteiger partial charge in [0.05, 0.1) is 5.54 Å². The fourth-order valence-corrected chi connectivity index (χ4v) is 7.00. The molecule has 2 atom stereocenters. The minimum absolute atomic E-state index is 0.0782. The largest absolute Gasteiger partial charge is 0.506 e. The predicted molar refractivity (Wildman–Crippen MR) is 119 cm³/mol. The molecular formula is C24H34N4O4. The summed E-state index contributed by atoms with van der Waals surface area (Å²) in [6.07, 6.45) is 5.10. The van der Waals surface area contributed by atoms with Crippen LogP contribution in [0.25, 0.3) is 0 Å². The molecule has 5 aliphatic rings. The highest BCUT2D eigenvalue weighted by Gasteiger charge is 2.58. The van der Waals surface area contributed by atoms with Crippen molar-refractivity contribution in [3.8, 4) is 0 Å². The van der Waals surface area contributed by atoms with Crippen LogP contribution in [0.15, 0.2) is 24.4 Å². The molecule has 1 saturated heterocycles. The number of nitrogens with zero attached hydrogens (tertiary/aromatic N) is 3. The van der Waals surface area contributed by atoms with Crippen LogP contribution in [-0.2, 0) is 9.53 Å². The van der Waals surface area contributed by atoms with Crippen molar-refractivity contribution in [1.82, 2.24) is 15.2 Å². The number of piperazine rings is 1. The second-order valence-corrected chi connectivity index (χ2v) is 10.7. The molecule has 4 saturated carbocycles. The zero-order valence-corrected chi connectivity index (χ0v) is 19.0. The molecule has 5 fully saturated rings. The Balaban J connectivity index is 1.21. The van der Waals surface area contributed by atoms with Gasteiger partial charge in [-0.2, -0.15) is 0 Å². The second-order valence-electron chi connectivity index (χ2n) is 10.7. The molecule has 2 heterocycles. The molecule has 2 N–H and O–H groups in total. The van der Waals surface area contributed by atoms with E-state index >= 15 is 0 Å². The maximum Gasteiger partial charge on any atom is 0.506 e. The molecule has 0 radical (unpaired) electrons. The van der Waals surface area contributed by atoms with Crippen LogP contribution in [0.4, 0.5) is 10.6 Å². The van der Waals surface area contributed by atoms with Crippen LogP contribution in [0.2, 0.25) is 0 Å². The van der Waals surface area contributed by atoms with Gasteiger partial charge in [-0.3, -0.25) is 9.69 Å². The molecule has 1 amide bonds. The third-order valence-electron chi connectivity index (χ3n) is 8.42. The zero-order chi connectivity index (χ0) is 22.5. The van der Waals surface area contributed by atoms with Crippen molar-refractivity contribution in [2.75, 3.05) is 31.1 Å². The van der Waals surface area contributed by atoms with Crippen molar-refractivity contribution in [3.63, 3.8) is 0 Å². The lowest BCUT2D eigenvalue weighted by atomic mass is 9.52. The van der Waals surface area contributed by atoms with Gasteiger partial charge in [0, 0.05) is 38.4 Å². The van der Waals surface area contributed by atoms with E-state index in [1.54, 1.807) is 0 Å². The Morgan fingerprint density at radius 2 is 1.81 bits per heavy atom. The first-order valence-electron chi connectivity index (χ1n) is 11.9. The summed E-state index contributed by atoms with van der Waals surface area (Å²) in [5, 5.41) is 12.6. The van der Waals surface area contributed by atoms with E-state index in [0.29, 0.717) is 17.8 Å². The van der Waals surface area contributed by atoms with Crippen molar-refractivity contribution in [3.05, 3.63) is 24.4 Å². The number of amides is 1. The normalized spacial score (nSPS) is 34.4. The van der Waals surface area contributed by atoms with E-state index in [-0.39, 0.29) is 11.9 Å². The van der Waals surface area contributed by atoms with Gasteiger partial charge in [-0.15, -0.1) is 0 Å². The second kappa shape index (κ2) is 7.90. The molecule has 8 heteroatoms. The summed E-state index contributed by atoms with van der Waals surface area (Å²) in [6, 6.07) is 6.08. The molecule has 0 spiro atoms. The third kappa shape index (κ3) is 3.83. The number of carbonyl (C=O) groups is 2. The van der Waals surface area contributed by atoms with Gasteiger partial charge in [-0.05, 0) is 75.8 Å². The Labute approximate surface area is 189 Å². The fraction of sp³-hybridized carbons (Fsp3) is 0.708. The topological polar surface area (TPSA) is 95.0 Å². The van der Waals surface area contributed by atoms with Crippen LogP contribution in [0, 0.1) is 17.8 Å². The first kappa shape index (κ1) is 21.5. The molecule has 1 aromatic heterocycles. The number of rotatable bonds is 5. The maximum absolute atomic E-state index is 13.5. The number of hydrogen-bond acceptors (Lipinski definition) is 6. The lowest BCUT2D eigenvalue weighted by Crippen LogP contribution is -2.66. The Morgan fingerprint density at radius 3 is 2.41 bits per heavy atom. The number of nitrogens with one attached hydrogen (secondary N) is 1. The van der Waals surface area contributed by atoms with E-state index in [1.807, 2.05) is 38.2 Å². The van der Waals surface area contributed by atoms with Crippen molar-refractivity contribution >= 4 is 17.9 Å². The molecule has 0 aromatic carbocycles. The number of ether oxygens (including phenoxy) is 1. The number of carbonyl (C=O) groups excluding carboxylic acids is 1. The van der Waals surface area contributed by atoms with Crippen LogP contribution in [0.3, 0.4) is 0 Å². The molecule has 4 bridgehead atoms. The average molecular weight is 443 g/mol. The van der Waals surface area contributed by atoms with Gasteiger partial charge in [-0.1, -0.05) is 6.07 Å². The number of anilines is 1. The number of aromatic nitrogens is 1. The molecule has 1 aliphatic heterocycles. The van der Waals surface area contributed by atoms with E-state index in [0.717, 1.165) is 64.1 Å². The standard InChI is InChI=1S/C24H34N4O4/c1-23(2,28-9-7-27(8-10-28)19-5-3-4-6-25-19)21(29)26-20-17-11-16-12-18(20)15-24(13-16,14-17)32-22(30)31/h3-6,16-18,20H,7-15H2,1-2H3,(H,26,29)(H,30,31). The third-order valence-corrected chi connectivity index (χ3v) is 8.42. The maximum atomic E-state index is 13.5. The molecule has 8 nitrogen and oxygen atoms in total. The predicted octanol–water partition coefficient (Wildman–Crippen LogP) is 2.74. The van der Waals surface area contributed by atoms with E-state index in [9.17, 15) is 14.7 Å². The summed E-state index contributed by atoms with van der Waals surface area (Å²) >= 11 is 0. The van der Waals surface area contributed by atoms with Crippen molar-refractivity contribution < 1.29 is 19.4 Å². The Morgan fingerprint density at radius 1 is 1.12 bits per heavy atom. The molecule has 4 aliphatic carbocycles. The molecule has 32 heavy (non-hydrogen) atoms. The highest BCUT2D eigenvalue weighted by atomic mass is 16.7. The van der Waals surface area contributed by atoms with Gasteiger partial charge >= 0.3 is 6.16 Å². The average Bonchev–Trinajstić information content (AvgIpc) is 2.75. The summed E-state index contributed by atoms with van der Waals surface area (Å²) < 4.78 is 5.40. The lowest BCUT2D eigenvalue weighted by molar-refractivity contribution is -0.157. The summed E-state index contributed by atoms with van der Waals surface area (Å²) in [7, 11) is 0. The molecule has 1 aromatic rings. The zero-order valence-electron chi connectivity index (χ0n) is 19.0. The summed E-state index contributed by atoms with van der Waals surface area (Å²) in [4.78, 5) is 33.7. The van der Waals surface area contributed by atoms with Crippen LogP contribution in [0.1, 0.15) is 46.0 Å². The van der Waals surface area contributed by atoms with Crippen LogP contribution in [0.5, 0.6) is 0 Å². The van der Waals surface area contributed by atoms with Crippen molar-refractivity contribution in [2.24, 2.45) is 17.8 Å². The van der Waals surface area contributed by atoms with E-state index in [1.165, 1.54) is 0 Å². The van der Waals surface area contributed by atoms with Crippen molar-refractivity contribution in [1.29, 1.82) is 0 Å². The smallest absolute Gasteiger partial charge is 0.450 e. The van der Waals surface area contributed by atoms with Gasteiger partial charge < -0.3 is 20.1 Å². The quantitative estimate of drug-likeness (QED) is 0.677. The minimum Gasteiger partial charge on any atom is -0.450 e. The highest BCUT2D eigenvalue weighted by Crippen LogP contribution is 2.57. The minimum atomic E-state index is -1.17. The van der Waals surface area contributed by atoms with Crippen LogP contribution in [-0.4, -0.2) is 70.4 Å². The Bertz CT molecular complexity index is 852. The number of pyridine rings is 1. The fourth-order valence-electron chi connectivity index (χ4n) is 7.00. The monoisotopic (exact) mass is 442 g/mol. The Hall–Kier alpha value is -2.35. The van der Waals surface area contributed by atoms with E-state index < -0.39 is 17.3 Å². The highest BCUT2D eigenvalue weighted by molar-refractivity contribution is 5.85. The van der Waals surface area contributed by atoms with Crippen molar-refractivity contribution in [2.45, 2.75) is 63.1 Å². The summed E-state index contributed by atoms with van der Waals surface area (Å²) in [5.41, 5.74) is -1.12. The number of hydrogen-bond donors (Lipinski definition) is 2. The first-order chi connectivity index (χ1) is 15.3. The van der Waals surface area contributed by atoms with Crippen LogP contribution >= 0.6 is 0 Å². The Kier molecular flexibility index (Phi) is 5.31. The summed E-state index contributed by atoms with van der Waals surface area (Å²) in [5.74, 6) is 2.20. The molecule has 6 rings (SSSR count). The lowest BCUT2D eigenvalue weighted by Gasteiger charge is -2.59. The van der Waals surface area contributed by atoms with E-state index in [4.69, 9.17) is 4.74 Å². The molecule has 2 unspecified atom stereocenters. The number of carboxylic acid groups (broad SMARTS) is 1. The SMILES string of the molecule is CC(C)(C(=O)NC1C2CC3CC1CC(OC(=O)O)(C3)C2)N1CCN(c2ccccn2)CC1. The van der Waals surface area contributed by atoms with Gasteiger partial charge in [0.2, 0.25) is 5.91 Å². The first-order valence-corrected chi connectivity index (χ1v) is 11.9. The van der Waals surface area contributed by atoms with Gasteiger partial charge in [0.25, 0.3) is 0 Å². The summed E-state index contributed by atoms with van der Waals surface area (Å²) in [6.45, 7) is 7.35. The molecule has 174 valence electrons. The van der Waals surface area contributed by atoms with Gasteiger partial charge in [0.1, 0.15) is 11.4 Å². The van der Waals surface area contributed by atoms with Crippen LogP contribution < -0.4 is 10.2 Å². The van der Waals surface area contributed by atoms with Gasteiger partial charge in [-0.25, -0.2) is 9.78 Å².